The SMILES string of the molecule is N/C(CN1CCSCC1)=N\OCc1nn(-c2ccccc2)c2c1CCC2. The van der Waals surface area contributed by atoms with E-state index < -0.39 is 0 Å². The van der Waals surface area contributed by atoms with Crippen molar-refractivity contribution in [2.24, 2.45) is 10.9 Å². The number of nitrogens with two attached hydrogens (primary N) is 1. The van der Waals surface area contributed by atoms with Crippen molar-refractivity contribution < 1.29 is 4.84 Å². The third-order valence-corrected chi connectivity index (χ3v) is 5.83. The summed E-state index contributed by atoms with van der Waals surface area (Å²) in [6.07, 6.45) is 3.30. The Bertz CT molecular complexity index is 768. The molecule has 0 bridgehead atoms. The highest BCUT2D eigenvalue weighted by Gasteiger charge is 2.23. The van der Waals surface area contributed by atoms with Gasteiger partial charge in [-0.25, -0.2) is 4.68 Å². The fourth-order valence-electron chi connectivity index (χ4n) is 3.61. The standard InChI is InChI=1S/C19H25N5OS/c20-19(13-23-9-11-26-12-10-23)22-25-14-17-16-7-4-8-18(16)24(21-17)15-5-2-1-3-6-15/h1-3,5-6H,4,7-14H2,(H2,20,22). The molecule has 2 aliphatic rings. The zero-order valence-electron chi connectivity index (χ0n) is 14.9. The third kappa shape index (κ3) is 3.88. The zero-order valence-corrected chi connectivity index (χ0v) is 15.7. The summed E-state index contributed by atoms with van der Waals surface area (Å²) in [6.45, 7) is 3.18. The molecule has 0 spiro atoms. The third-order valence-electron chi connectivity index (χ3n) is 4.89. The predicted molar refractivity (Wildman–Crippen MR) is 106 cm³/mol. The second-order valence-corrected chi connectivity index (χ2v) is 7.94. The first-order chi connectivity index (χ1) is 12.8. The fraction of sp³-hybridized carbons (Fsp3) is 0.474. The van der Waals surface area contributed by atoms with Gasteiger partial charge in [0.25, 0.3) is 0 Å². The van der Waals surface area contributed by atoms with Crippen LogP contribution < -0.4 is 5.73 Å². The van der Waals surface area contributed by atoms with Gasteiger partial charge in [-0.05, 0) is 31.4 Å². The number of oxime groups is 1. The molecule has 1 aromatic carbocycles. The average Bonchev–Trinajstić information content (AvgIpc) is 3.27. The number of nitrogens with zero attached hydrogens (tertiary/aromatic N) is 4. The van der Waals surface area contributed by atoms with Gasteiger partial charge in [0, 0.05) is 35.9 Å². The minimum Gasteiger partial charge on any atom is -0.388 e. The normalized spacial score (nSPS) is 18.1. The van der Waals surface area contributed by atoms with Crippen LogP contribution in [0.5, 0.6) is 0 Å². The minimum atomic E-state index is 0.374. The second-order valence-electron chi connectivity index (χ2n) is 6.72. The van der Waals surface area contributed by atoms with Crippen LogP contribution in [0.1, 0.15) is 23.4 Å². The number of amidine groups is 1. The van der Waals surface area contributed by atoms with Crippen LogP contribution in [0.4, 0.5) is 0 Å². The quantitative estimate of drug-likeness (QED) is 0.479. The maximum atomic E-state index is 6.03. The van der Waals surface area contributed by atoms with Crippen molar-refractivity contribution >= 4 is 17.6 Å². The molecule has 0 atom stereocenters. The minimum absolute atomic E-state index is 0.374. The van der Waals surface area contributed by atoms with Gasteiger partial charge < -0.3 is 10.6 Å². The smallest absolute Gasteiger partial charge is 0.161 e. The summed E-state index contributed by atoms with van der Waals surface area (Å²) >= 11 is 1.99. The average molecular weight is 372 g/mol. The van der Waals surface area contributed by atoms with E-state index in [2.05, 4.69) is 26.9 Å². The van der Waals surface area contributed by atoms with E-state index in [9.17, 15) is 0 Å². The Kier molecular flexibility index (Phi) is 5.45. The maximum absolute atomic E-state index is 6.03. The number of aromatic nitrogens is 2. The first-order valence-corrected chi connectivity index (χ1v) is 10.4. The van der Waals surface area contributed by atoms with E-state index in [1.54, 1.807) is 0 Å². The highest BCUT2D eigenvalue weighted by atomic mass is 32.2. The number of rotatable bonds is 6. The Morgan fingerprint density at radius 2 is 2.00 bits per heavy atom. The van der Waals surface area contributed by atoms with Crippen LogP contribution >= 0.6 is 11.8 Å². The van der Waals surface area contributed by atoms with Crippen molar-refractivity contribution in [2.75, 3.05) is 31.1 Å². The highest BCUT2D eigenvalue weighted by Crippen LogP contribution is 2.28. The Balaban J connectivity index is 1.41. The number of thioether (sulfide) groups is 1. The van der Waals surface area contributed by atoms with E-state index in [1.165, 1.54) is 17.7 Å². The maximum Gasteiger partial charge on any atom is 0.161 e. The lowest BCUT2D eigenvalue weighted by atomic mass is 10.2. The lowest BCUT2D eigenvalue weighted by Gasteiger charge is -2.25. The van der Waals surface area contributed by atoms with Gasteiger partial charge in [-0.15, -0.1) is 0 Å². The van der Waals surface area contributed by atoms with Crippen LogP contribution in [0, 0.1) is 0 Å². The molecule has 7 heteroatoms. The van der Waals surface area contributed by atoms with E-state index in [1.807, 2.05) is 30.0 Å². The van der Waals surface area contributed by atoms with E-state index in [4.69, 9.17) is 15.7 Å². The molecular weight excluding hydrogens is 346 g/mol. The first-order valence-electron chi connectivity index (χ1n) is 9.21. The first kappa shape index (κ1) is 17.4. The second kappa shape index (κ2) is 8.14. The summed E-state index contributed by atoms with van der Waals surface area (Å²) in [6, 6.07) is 10.3. The van der Waals surface area contributed by atoms with Gasteiger partial charge in [-0.2, -0.15) is 16.9 Å². The van der Waals surface area contributed by atoms with Gasteiger partial charge in [0.2, 0.25) is 0 Å². The topological polar surface area (TPSA) is 68.7 Å². The summed E-state index contributed by atoms with van der Waals surface area (Å²) in [5.74, 6) is 2.87. The number of hydrogen-bond acceptors (Lipinski definition) is 5. The molecule has 2 N–H and O–H groups in total. The Morgan fingerprint density at radius 1 is 1.19 bits per heavy atom. The molecule has 0 unspecified atom stereocenters. The van der Waals surface area contributed by atoms with Gasteiger partial charge in [0.15, 0.2) is 12.4 Å². The van der Waals surface area contributed by atoms with Crippen LogP contribution in [0.15, 0.2) is 35.5 Å². The molecular formula is C19H25N5OS. The number of para-hydroxylation sites is 1. The number of benzene rings is 1. The van der Waals surface area contributed by atoms with E-state index >= 15 is 0 Å². The molecule has 1 aromatic heterocycles. The molecule has 2 heterocycles. The van der Waals surface area contributed by atoms with Gasteiger partial charge in [0.05, 0.1) is 12.2 Å². The van der Waals surface area contributed by atoms with Crippen molar-refractivity contribution in [1.82, 2.24) is 14.7 Å². The molecule has 0 saturated carbocycles. The summed E-state index contributed by atoms with van der Waals surface area (Å²) in [5.41, 5.74) is 10.7. The molecule has 0 amide bonds. The zero-order chi connectivity index (χ0) is 17.8. The largest absolute Gasteiger partial charge is 0.388 e. The Labute approximate surface area is 158 Å². The number of fused-ring (bicyclic) bond motifs is 1. The monoisotopic (exact) mass is 371 g/mol. The van der Waals surface area contributed by atoms with E-state index in [-0.39, 0.29) is 0 Å². The summed E-state index contributed by atoms with van der Waals surface area (Å²) < 4.78 is 2.06. The van der Waals surface area contributed by atoms with Crippen molar-refractivity contribution in [3.05, 3.63) is 47.3 Å². The molecule has 1 aliphatic heterocycles. The van der Waals surface area contributed by atoms with Crippen LogP contribution in [0.2, 0.25) is 0 Å². The van der Waals surface area contributed by atoms with Gasteiger partial charge in [-0.3, -0.25) is 4.90 Å². The molecule has 6 nitrogen and oxygen atoms in total. The van der Waals surface area contributed by atoms with Gasteiger partial charge in [-0.1, -0.05) is 23.4 Å². The fourth-order valence-corrected chi connectivity index (χ4v) is 4.58. The van der Waals surface area contributed by atoms with Gasteiger partial charge in [0.1, 0.15) is 5.69 Å². The van der Waals surface area contributed by atoms with Crippen molar-refractivity contribution in [3.8, 4) is 5.69 Å². The van der Waals surface area contributed by atoms with E-state index in [0.29, 0.717) is 19.0 Å². The van der Waals surface area contributed by atoms with Crippen molar-refractivity contribution in [2.45, 2.75) is 25.9 Å². The molecule has 4 rings (SSSR count). The molecule has 2 aromatic rings. The Hall–Kier alpha value is -1.99. The predicted octanol–water partition coefficient (Wildman–Crippen LogP) is 2.20. The highest BCUT2D eigenvalue weighted by molar-refractivity contribution is 7.99. The summed E-state index contributed by atoms with van der Waals surface area (Å²) in [5, 5.41) is 8.90. The van der Waals surface area contributed by atoms with Crippen LogP contribution in [-0.4, -0.2) is 51.7 Å². The Morgan fingerprint density at radius 3 is 2.81 bits per heavy atom. The van der Waals surface area contributed by atoms with Crippen LogP contribution in [0.25, 0.3) is 5.69 Å². The van der Waals surface area contributed by atoms with Gasteiger partial charge >= 0.3 is 0 Å². The summed E-state index contributed by atoms with van der Waals surface area (Å²) in [7, 11) is 0. The number of hydrogen-bond donors (Lipinski definition) is 1. The molecule has 26 heavy (non-hydrogen) atoms. The lowest BCUT2D eigenvalue weighted by Crippen LogP contribution is -2.39. The van der Waals surface area contributed by atoms with Crippen LogP contribution in [-0.2, 0) is 24.3 Å². The molecule has 138 valence electrons. The molecule has 1 aliphatic carbocycles. The molecule has 1 fully saturated rings. The van der Waals surface area contributed by atoms with Crippen molar-refractivity contribution in [3.63, 3.8) is 0 Å². The molecule has 1 saturated heterocycles. The van der Waals surface area contributed by atoms with E-state index in [0.717, 1.165) is 48.8 Å². The lowest BCUT2D eigenvalue weighted by molar-refractivity contribution is 0.125. The summed E-state index contributed by atoms with van der Waals surface area (Å²) in [4.78, 5) is 7.87. The van der Waals surface area contributed by atoms with Crippen LogP contribution in [0.3, 0.4) is 0 Å². The molecule has 0 radical (unpaired) electrons. The van der Waals surface area contributed by atoms with Crippen molar-refractivity contribution in [1.29, 1.82) is 0 Å².